The molecule has 1 N–H and O–H groups in total. The van der Waals surface area contributed by atoms with Crippen LogP contribution in [0.5, 0.6) is 0 Å². The maximum atomic E-state index is 12.3. The number of pyridine rings is 1. The quantitative estimate of drug-likeness (QED) is 0.902. The molecule has 3 nitrogen and oxygen atoms in total. The first-order chi connectivity index (χ1) is 8.52. The van der Waals surface area contributed by atoms with Crippen LogP contribution in [0, 0.1) is 12.8 Å². The van der Waals surface area contributed by atoms with E-state index in [9.17, 15) is 9.90 Å². The predicted octanol–water partition coefficient (Wildman–Crippen LogP) is 2.46. The Labute approximate surface area is 107 Å². The minimum atomic E-state index is -0.208. The summed E-state index contributed by atoms with van der Waals surface area (Å²) in [6.45, 7) is 6.65. The molecule has 0 saturated carbocycles. The number of fused-ring (bicyclic) bond motifs is 1. The monoisotopic (exact) mass is 245 g/mol. The van der Waals surface area contributed by atoms with E-state index < -0.39 is 0 Å². The van der Waals surface area contributed by atoms with Crippen molar-refractivity contribution < 1.29 is 5.11 Å². The second-order valence-corrected chi connectivity index (χ2v) is 5.20. The molecule has 0 radical (unpaired) electrons. The Morgan fingerprint density at radius 2 is 2.00 bits per heavy atom. The Kier molecular flexibility index (Phi) is 3.53. The lowest BCUT2D eigenvalue weighted by molar-refractivity contribution is 0.279. The lowest BCUT2D eigenvalue weighted by Crippen LogP contribution is -2.26. The van der Waals surface area contributed by atoms with Crippen LogP contribution in [0.25, 0.3) is 10.9 Å². The van der Waals surface area contributed by atoms with Crippen molar-refractivity contribution in [1.29, 1.82) is 0 Å². The molecule has 0 spiro atoms. The molecule has 2 aromatic rings. The molecule has 0 amide bonds. The van der Waals surface area contributed by atoms with Crippen molar-refractivity contribution in [2.45, 2.75) is 33.9 Å². The second kappa shape index (κ2) is 4.94. The molecular formula is C15H19NO2. The van der Waals surface area contributed by atoms with E-state index in [1.165, 1.54) is 0 Å². The molecule has 96 valence electrons. The SMILES string of the molecule is Cc1ccc2cc(CO)c(=O)n(CC(C)C)c2c1. The van der Waals surface area contributed by atoms with Gasteiger partial charge in [-0.05, 0) is 35.9 Å². The van der Waals surface area contributed by atoms with Gasteiger partial charge in [0.15, 0.2) is 0 Å². The summed E-state index contributed by atoms with van der Waals surface area (Å²) in [6.07, 6.45) is 0. The molecule has 0 bridgehead atoms. The fourth-order valence-electron chi connectivity index (χ4n) is 2.20. The van der Waals surface area contributed by atoms with E-state index in [2.05, 4.69) is 13.8 Å². The van der Waals surface area contributed by atoms with Crippen molar-refractivity contribution in [1.82, 2.24) is 4.57 Å². The summed E-state index contributed by atoms with van der Waals surface area (Å²) in [5.74, 6) is 0.389. The van der Waals surface area contributed by atoms with Gasteiger partial charge < -0.3 is 9.67 Å². The van der Waals surface area contributed by atoms with Crippen molar-refractivity contribution in [3.05, 3.63) is 45.7 Å². The number of aromatic nitrogens is 1. The number of benzene rings is 1. The van der Waals surface area contributed by atoms with Crippen molar-refractivity contribution in [2.24, 2.45) is 5.92 Å². The number of aryl methyl sites for hydroxylation is 1. The molecule has 2 rings (SSSR count). The number of hydrogen-bond donors (Lipinski definition) is 1. The molecule has 18 heavy (non-hydrogen) atoms. The summed E-state index contributed by atoms with van der Waals surface area (Å²) in [5, 5.41) is 10.3. The van der Waals surface area contributed by atoms with Gasteiger partial charge in [0.25, 0.3) is 5.56 Å². The topological polar surface area (TPSA) is 42.2 Å². The zero-order valence-electron chi connectivity index (χ0n) is 11.1. The Morgan fingerprint density at radius 3 is 2.61 bits per heavy atom. The number of aliphatic hydroxyl groups is 1. The van der Waals surface area contributed by atoms with Crippen molar-refractivity contribution in [2.75, 3.05) is 0 Å². The van der Waals surface area contributed by atoms with Gasteiger partial charge in [-0.2, -0.15) is 0 Å². The summed E-state index contributed by atoms with van der Waals surface area (Å²) in [4.78, 5) is 12.3. The van der Waals surface area contributed by atoms with Gasteiger partial charge in [-0.25, -0.2) is 0 Å². The number of rotatable bonds is 3. The van der Waals surface area contributed by atoms with Crippen molar-refractivity contribution >= 4 is 10.9 Å². The van der Waals surface area contributed by atoms with Gasteiger partial charge in [0.05, 0.1) is 12.1 Å². The standard InChI is InChI=1S/C15H19NO2/c1-10(2)8-16-14-6-11(3)4-5-12(14)7-13(9-17)15(16)18/h4-7,10,17H,8-9H2,1-3H3. The van der Waals surface area contributed by atoms with E-state index in [1.807, 2.05) is 25.1 Å². The van der Waals surface area contributed by atoms with Crippen molar-refractivity contribution in [3.63, 3.8) is 0 Å². The van der Waals surface area contributed by atoms with E-state index in [-0.39, 0.29) is 12.2 Å². The fourth-order valence-corrected chi connectivity index (χ4v) is 2.20. The molecule has 1 aromatic carbocycles. The van der Waals surface area contributed by atoms with Crippen LogP contribution in [0.1, 0.15) is 25.0 Å². The first kappa shape index (κ1) is 12.8. The summed E-state index contributed by atoms with van der Waals surface area (Å²) >= 11 is 0. The zero-order chi connectivity index (χ0) is 13.3. The smallest absolute Gasteiger partial charge is 0.256 e. The lowest BCUT2D eigenvalue weighted by atomic mass is 10.1. The van der Waals surface area contributed by atoms with Crippen LogP contribution in [0.3, 0.4) is 0 Å². The van der Waals surface area contributed by atoms with E-state index in [0.717, 1.165) is 16.5 Å². The van der Waals surface area contributed by atoms with Gasteiger partial charge in [0.1, 0.15) is 0 Å². The third-order valence-electron chi connectivity index (χ3n) is 3.04. The zero-order valence-corrected chi connectivity index (χ0v) is 11.1. The van der Waals surface area contributed by atoms with E-state index >= 15 is 0 Å². The highest BCUT2D eigenvalue weighted by molar-refractivity contribution is 5.80. The molecule has 0 atom stereocenters. The predicted molar refractivity (Wildman–Crippen MR) is 73.7 cm³/mol. The largest absolute Gasteiger partial charge is 0.391 e. The third kappa shape index (κ3) is 2.31. The van der Waals surface area contributed by atoms with Crippen LogP contribution in [-0.2, 0) is 13.2 Å². The van der Waals surface area contributed by atoms with Crippen LogP contribution in [-0.4, -0.2) is 9.67 Å². The minimum absolute atomic E-state index is 0.0794. The Balaban J connectivity index is 2.79. The van der Waals surface area contributed by atoms with Crippen LogP contribution in [0.4, 0.5) is 0 Å². The number of hydrogen-bond acceptors (Lipinski definition) is 2. The Morgan fingerprint density at radius 1 is 1.28 bits per heavy atom. The number of nitrogens with zero attached hydrogens (tertiary/aromatic N) is 1. The Hall–Kier alpha value is -1.61. The van der Waals surface area contributed by atoms with E-state index in [0.29, 0.717) is 18.0 Å². The average molecular weight is 245 g/mol. The fraction of sp³-hybridized carbons (Fsp3) is 0.400. The Bertz CT molecular complexity index is 626. The van der Waals surface area contributed by atoms with Gasteiger partial charge >= 0.3 is 0 Å². The van der Waals surface area contributed by atoms with Crippen LogP contribution in [0.2, 0.25) is 0 Å². The highest BCUT2D eigenvalue weighted by Gasteiger charge is 2.10. The second-order valence-electron chi connectivity index (χ2n) is 5.20. The molecular weight excluding hydrogens is 226 g/mol. The normalized spacial score (nSPS) is 11.4. The first-order valence-corrected chi connectivity index (χ1v) is 6.27. The summed E-state index contributed by atoms with van der Waals surface area (Å²) in [7, 11) is 0. The first-order valence-electron chi connectivity index (χ1n) is 6.27. The molecule has 0 aliphatic heterocycles. The molecule has 3 heteroatoms. The molecule has 0 aliphatic carbocycles. The molecule has 0 aliphatic rings. The third-order valence-corrected chi connectivity index (χ3v) is 3.04. The summed E-state index contributed by atoms with van der Waals surface area (Å²) in [5.41, 5.74) is 2.47. The molecule has 1 aromatic heterocycles. The van der Waals surface area contributed by atoms with Crippen LogP contribution < -0.4 is 5.56 Å². The highest BCUT2D eigenvalue weighted by Crippen LogP contribution is 2.17. The van der Waals surface area contributed by atoms with Gasteiger partial charge in [0, 0.05) is 12.1 Å². The molecule has 0 fully saturated rings. The van der Waals surface area contributed by atoms with Crippen molar-refractivity contribution in [3.8, 4) is 0 Å². The minimum Gasteiger partial charge on any atom is -0.391 e. The van der Waals surface area contributed by atoms with E-state index in [4.69, 9.17) is 0 Å². The summed E-state index contributed by atoms with van der Waals surface area (Å²) < 4.78 is 1.78. The molecule has 1 heterocycles. The highest BCUT2D eigenvalue weighted by atomic mass is 16.3. The maximum absolute atomic E-state index is 12.3. The van der Waals surface area contributed by atoms with Gasteiger partial charge in [-0.15, -0.1) is 0 Å². The van der Waals surface area contributed by atoms with Gasteiger partial charge in [0.2, 0.25) is 0 Å². The van der Waals surface area contributed by atoms with Gasteiger partial charge in [-0.1, -0.05) is 26.0 Å². The van der Waals surface area contributed by atoms with Crippen LogP contribution >= 0.6 is 0 Å². The molecule has 0 saturated heterocycles. The maximum Gasteiger partial charge on any atom is 0.256 e. The average Bonchev–Trinajstić information content (AvgIpc) is 2.32. The summed E-state index contributed by atoms with van der Waals surface area (Å²) in [6, 6.07) is 7.84. The van der Waals surface area contributed by atoms with Gasteiger partial charge in [-0.3, -0.25) is 4.79 Å². The van der Waals surface area contributed by atoms with Crippen LogP contribution in [0.15, 0.2) is 29.1 Å². The lowest BCUT2D eigenvalue weighted by Gasteiger charge is -2.14. The number of aliphatic hydroxyl groups excluding tert-OH is 1. The van der Waals surface area contributed by atoms with E-state index in [1.54, 1.807) is 10.6 Å². The molecule has 0 unspecified atom stereocenters.